The van der Waals surface area contributed by atoms with E-state index in [-0.39, 0.29) is 0 Å². The van der Waals surface area contributed by atoms with Crippen LogP contribution < -0.4 is 4.74 Å². The van der Waals surface area contributed by atoms with Crippen molar-refractivity contribution in [2.24, 2.45) is 0 Å². The van der Waals surface area contributed by atoms with Gasteiger partial charge in [0.25, 0.3) is 0 Å². The van der Waals surface area contributed by atoms with Gasteiger partial charge in [-0.15, -0.1) is 0 Å². The highest BCUT2D eigenvalue weighted by molar-refractivity contribution is 5.39. The van der Waals surface area contributed by atoms with Crippen molar-refractivity contribution in [1.29, 1.82) is 0 Å². The molecule has 1 N–H and O–H groups in total. The highest BCUT2D eigenvalue weighted by atomic mass is 16.5. The summed E-state index contributed by atoms with van der Waals surface area (Å²) in [6.07, 6.45) is 2.10. The molecule has 0 aromatic heterocycles. The highest BCUT2D eigenvalue weighted by Crippen LogP contribution is 2.22. The number of aliphatic hydroxyl groups excluding tert-OH is 1. The molecular weight excluding hydrogens is 278 g/mol. The number of hydrogen-bond donors (Lipinski definition) is 1. The van der Waals surface area contributed by atoms with Crippen LogP contribution in [0.15, 0.2) is 18.2 Å². The zero-order chi connectivity index (χ0) is 15.9. The Morgan fingerprint density at radius 3 is 2.73 bits per heavy atom. The van der Waals surface area contributed by atoms with Gasteiger partial charge in [-0.05, 0) is 51.3 Å². The fourth-order valence-corrected chi connectivity index (χ4v) is 3.11. The number of nitrogens with zero attached hydrogens (tertiary/aromatic N) is 1. The lowest BCUT2D eigenvalue weighted by molar-refractivity contribution is -0.0123. The number of ether oxygens (including phenoxy) is 2. The van der Waals surface area contributed by atoms with E-state index >= 15 is 0 Å². The Kier molecular flexibility index (Phi) is 6.68. The minimum Gasteiger partial charge on any atom is -0.490 e. The molecule has 1 aromatic carbocycles. The zero-order valence-corrected chi connectivity index (χ0v) is 14.0. The molecule has 2 rings (SSSR count). The molecule has 124 valence electrons. The van der Waals surface area contributed by atoms with E-state index in [1.807, 2.05) is 39.0 Å². The average Bonchev–Trinajstić information content (AvgIpc) is 2.47. The van der Waals surface area contributed by atoms with E-state index in [1.54, 1.807) is 0 Å². The zero-order valence-electron chi connectivity index (χ0n) is 14.0. The van der Waals surface area contributed by atoms with Crippen LogP contribution in [0.5, 0.6) is 5.75 Å². The van der Waals surface area contributed by atoms with Crippen LogP contribution in [-0.2, 0) is 4.74 Å². The van der Waals surface area contributed by atoms with Gasteiger partial charge >= 0.3 is 0 Å². The maximum Gasteiger partial charge on any atom is 0.125 e. The number of aliphatic hydroxyl groups is 1. The fourth-order valence-electron chi connectivity index (χ4n) is 3.11. The number of para-hydroxylation sites is 1. The number of aryl methyl sites for hydroxylation is 2. The monoisotopic (exact) mass is 307 g/mol. The lowest BCUT2D eigenvalue weighted by Gasteiger charge is -2.33. The second kappa shape index (κ2) is 8.51. The van der Waals surface area contributed by atoms with Crippen molar-refractivity contribution in [3.05, 3.63) is 29.3 Å². The van der Waals surface area contributed by atoms with Crippen molar-refractivity contribution >= 4 is 0 Å². The fraction of sp³-hybridized carbons (Fsp3) is 0.667. The summed E-state index contributed by atoms with van der Waals surface area (Å²) >= 11 is 0. The molecule has 1 aromatic rings. The Morgan fingerprint density at radius 2 is 2.05 bits per heavy atom. The predicted octanol–water partition coefficient (Wildman–Crippen LogP) is 2.54. The maximum atomic E-state index is 10.3. The summed E-state index contributed by atoms with van der Waals surface area (Å²) in [5.41, 5.74) is 2.23. The molecule has 0 spiro atoms. The van der Waals surface area contributed by atoms with Crippen molar-refractivity contribution in [3.8, 4) is 5.75 Å². The number of benzene rings is 1. The van der Waals surface area contributed by atoms with Crippen molar-refractivity contribution < 1.29 is 14.6 Å². The van der Waals surface area contributed by atoms with Gasteiger partial charge in [0, 0.05) is 19.7 Å². The number of likely N-dealkylation sites (tertiary alicyclic amines) is 1. The molecule has 0 radical (unpaired) electrons. The Labute approximate surface area is 134 Å². The van der Waals surface area contributed by atoms with Crippen LogP contribution in [0.4, 0.5) is 0 Å². The van der Waals surface area contributed by atoms with Gasteiger partial charge in [0.1, 0.15) is 18.5 Å². The van der Waals surface area contributed by atoms with Gasteiger partial charge in [-0.3, -0.25) is 4.90 Å². The molecule has 1 saturated heterocycles. The smallest absolute Gasteiger partial charge is 0.125 e. The van der Waals surface area contributed by atoms with Gasteiger partial charge in [0.15, 0.2) is 0 Å². The Hall–Kier alpha value is -1.10. The molecule has 1 aliphatic rings. The van der Waals surface area contributed by atoms with E-state index in [9.17, 15) is 5.11 Å². The number of β-amino-alcohol motifs (C(OH)–C–C–N with tert-alkyl or cyclic N) is 1. The largest absolute Gasteiger partial charge is 0.490 e. The standard InChI is InChI=1S/C18H29NO3/c1-4-21-17-9-6-10-19(12-17)11-16(20)13-22-18-14(2)7-5-8-15(18)3/h5,7-8,16-17,20H,4,6,9-13H2,1-3H3. The van der Waals surface area contributed by atoms with E-state index < -0.39 is 6.10 Å². The third kappa shape index (κ3) is 4.97. The topological polar surface area (TPSA) is 41.9 Å². The maximum absolute atomic E-state index is 10.3. The molecule has 4 heteroatoms. The van der Waals surface area contributed by atoms with Gasteiger partial charge in [-0.1, -0.05) is 18.2 Å². The van der Waals surface area contributed by atoms with E-state index in [1.165, 1.54) is 0 Å². The summed E-state index contributed by atoms with van der Waals surface area (Å²) in [6.45, 7) is 9.79. The van der Waals surface area contributed by atoms with Crippen LogP contribution >= 0.6 is 0 Å². The first-order chi connectivity index (χ1) is 10.6. The molecule has 2 unspecified atom stereocenters. The lowest BCUT2D eigenvalue weighted by Crippen LogP contribution is -2.44. The van der Waals surface area contributed by atoms with Crippen LogP contribution in [0.1, 0.15) is 30.9 Å². The van der Waals surface area contributed by atoms with E-state index in [2.05, 4.69) is 4.90 Å². The summed E-state index contributed by atoms with van der Waals surface area (Å²) in [4.78, 5) is 2.28. The van der Waals surface area contributed by atoms with Gasteiger partial charge in [0.05, 0.1) is 6.10 Å². The van der Waals surface area contributed by atoms with Crippen molar-refractivity contribution in [2.45, 2.75) is 45.8 Å². The molecule has 1 aliphatic heterocycles. The Bertz CT molecular complexity index is 441. The summed E-state index contributed by atoms with van der Waals surface area (Å²) in [6, 6.07) is 6.09. The first-order valence-corrected chi connectivity index (χ1v) is 8.31. The van der Waals surface area contributed by atoms with Crippen molar-refractivity contribution in [3.63, 3.8) is 0 Å². The SMILES string of the molecule is CCOC1CCCN(CC(O)COc2c(C)cccc2C)C1. The van der Waals surface area contributed by atoms with Gasteiger partial charge in [0.2, 0.25) is 0 Å². The quantitative estimate of drug-likeness (QED) is 0.840. The molecule has 0 saturated carbocycles. The van der Waals surface area contributed by atoms with Gasteiger partial charge in [-0.2, -0.15) is 0 Å². The van der Waals surface area contributed by atoms with Crippen LogP contribution in [0.3, 0.4) is 0 Å². The van der Waals surface area contributed by atoms with Gasteiger partial charge in [-0.25, -0.2) is 0 Å². The second-order valence-corrected chi connectivity index (χ2v) is 6.16. The molecule has 0 amide bonds. The van der Waals surface area contributed by atoms with Crippen molar-refractivity contribution in [2.75, 3.05) is 32.8 Å². The highest BCUT2D eigenvalue weighted by Gasteiger charge is 2.22. The third-order valence-electron chi connectivity index (χ3n) is 4.16. The minimum atomic E-state index is -0.473. The average molecular weight is 307 g/mol. The normalized spacial score (nSPS) is 20.8. The molecule has 4 nitrogen and oxygen atoms in total. The molecule has 1 heterocycles. The number of hydrogen-bond acceptors (Lipinski definition) is 4. The number of piperidine rings is 1. The van der Waals surface area contributed by atoms with Gasteiger partial charge < -0.3 is 14.6 Å². The molecule has 0 bridgehead atoms. The summed E-state index contributed by atoms with van der Waals surface area (Å²) in [7, 11) is 0. The van der Waals surface area contributed by atoms with Crippen molar-refractivity contribution in [1.82, 2.24) is 4.90 Å². The summed E-state index contributed by atoms with van der Waals surface area (Å²) in [5, 5.41) is 10.3. The Balaban J connectivity index is 1.79. The van der Waals surface area contributed by atoms with E-state index in [4.69, 9.17) is 9.47 Å². The van der Waals surface area contributed by atoms with Crippen LogP contribution in [-0.4, -0.2) is 55.1 Å². The second-order valence-electron chi connectivity index (χ2n) is 6.16. The molecule has 1 fully saturated rings. The van der Waals surface area contributed by atoms with E-state index in [0.29, 0.717) is 19.3 Å². The molecular formula is C18H29NO3. The van der Waals surface area contributed by atoms with Crippen LogP contribution in [0.25, 0.3) is 0 Å². The first kappa shape index (κ1) is 17.3. The summed E-state index contributed by atoms with van der Waals surface area (Å²) < 4.78 is 11.5. The third-order valence-corrected chi connectivity index (χ3v) is 4.16. The lowest BCUT2D eigenvalue weighted by atomic mass is 10.1. The molecule has 2 atom stereocenters. The van der Waals surface area contributed by atoms with Crippen LogP contribution in [0.2, 0.25) is 0 Å². The predicted molar refractivity (Wildman–Crippen MR) is 88.5 cm³/mol. The Morgan fingerprint density at radius 1 is 1.32 bits per heavy atom. The van der Waals surface area contributed by atoms with Crippen LogP contribution in [0, 0.1) is 13.8 Å². The van der Waals surface area contributed by atoms with E-state index in [0.717, 1.165) is 49.4 Å². The minimum absolute atomic E-state index is 0.311. The molecule has 0 aliphatic carbocycles. The number of rotatable bonds is 7. The molecule has 22 heavy (non-hydrogen) atoms. The first-order valence-electron chi connectivity index (χ1n) is 8.31. The summed E-state index contributed by atoms with van der Waals surface area (Å²) in [5.74, 6) is 0.896.